The number of halogens is 1. The van der Waals surface area contributed by atoms with Crippen LogP contribution >= 0.6 is 0 Å². The Morgan fingerprint density at radius 2 is 2.05 bits per heavy atom. The predicted octanol–water partition coefficient (Wildman–Crippen LogP) is 2.01. The van der Waals surface area contributed by atoms with Crippen molar-refractivity contribution in [3.8, 4) is 0 Å². The Balaban J connectivity index is 2.21. The summed E-state index contributed by atoms with van der Waals surface area (Å²) >= 11 is 0. The van der Waals surface area contributed by atoms with Crippen LogP contribution in [0.4, 0.5) is 4.39 Å². The smallest absolute Gasteiger partial charge is 0.243 e. The third kappa shape index (κ3) is 3.37. The molecule has 6 heteroatoms. The summed E-state index contributed by atoms with van der Waals surface area (Å²) in [6.07, 6.45) is 0.783. The Kier molecular flexibility index (Phi) is 4.18. The molecule has 0 aromatic heterocycles. The molecule has 0 spiro atoms. The van der Waals surface area contributed by atoms with Gasteiger partial charge in [-0.3, -0.25) is 0 Å². The van der Waals surface area contributed by atoms with Crippen LogP contribution in [-0.4, -0.2) is 21.0 Å². The highest BCUT2D eigenvalue weighted by Gasteiger charge is 2.48. The van der Waals surface area contributed by atoms with E-state index in [2.05, 4.69) is 10.0 Å². The maximum Gasteiger partial charge on any atom is 0.243 e. The van der Waals surface area contributed by atoms with Crippen molar-refractivity contribution in [3.63, 3.8) is 0 Å². The van der Waals surface area contributed by atoms with Gasteiger partial charge in [-0.25, -0.2) is 17.5 Å². The molecule has 20 heavy (non-hydrogen) atoms. The van der Waals surface area contributed by atoms with E-state index < -0.39 is 15.8 Å². The number of nitrogens with one attached hydrogen (secondary N) is 2. The zero-order valence-electron chi connectivity index (χ0n) is 12.0. The summed E-state index contributed by atoms with van der Waals surface area (Å²) in [5.41, 5.74) is 0.717. The molecule has 1 fully saturated rings. The lowest BCUT2D eigenvalue weighted by molar-refractivity contribution is 0.540. The summed E-state index contributed by atoms with van der Waals surface area (Å²) < 4.78 is 40.9. The van der Waals surface area contributed by atoms with Crippen molar-refractivity contribution in [1.29, 1.82) is 0 Å². The molecule has 1 aliphatic carbocycles. The van der Waals surface area contributed by atoms with Crippen molar-refractivity contribution in [2.75, 3.05) is 6.54 Å². The lowest BCUT2D eigenvalue weighted by atomic mass is 10.2. The van der Waals surface area contributed by atoms with E-state index in [4.69, 9.17) is 0 Å². The van der Waals surface area contributed by atoms with Crippen LogP contribution in [0.3, 0.4) is 0 Å². The lowest BCUT2D eigenvalue weighted by Crippen LogP contribution is -2.29. The van der Waals surface area contributed by atoms with E-state index in [9.17, 15) is 12.8 Å². The van der Waals surface area contributed by atoms with Crippen LogP contribution in [-0.2, 0) is 16.6 Å². The van der Waals surface area contributed by atoms with Gasteiger partial charge in [-0.1, -0.05) is 26.8 Å². The fraction of sp³-hybridized carbons (Fsp3) is 0.571. The molecule has 2 N–H and O–H groups in total. The van der Waals surface area contributed by atoms with Crippen molar-refractivity contribution in [3.05, 3.63) is 29.6 Å². The Labute approximate surface area is 119 Å². The molecule has 2 rings (SSSR count). The number of rotatable bonds is 6. The van der Waals surface area contributed by atoms with Gasteiger partial charge in [-0.15, -0.1) is 0 Å². The predicted molar refractivity (Wildman–Crippen MR) is 76.3 cm³/mol. The summed E-state index contributed by atoms with van der Waals surface area (Å²) in [5, 5.41) is 3.09. The molecular formula is C14H21FN2O2S. The highest BCUT2D eigenvalue weighted by molar-refractivity contribution is 7.89. The van der Waals surface area contributed by atoms with E-state index in [-0.39, 0.29) is 16.4 Å². The molecule has 4 nitrogen and oxygen atoms in total. The van der Waals surface area contributed by atoms with Gasteiger partial charge in [-0.05, 0) is 36.1 Å². The molecule has 1 unspecified atom stereocenters. The second-order valence-electron chi connectivity index (χ2n) is 5.91. The topological polar surface area (TPSA) is 58.2 Å². The molecule has 0 bridgehead atoms. The van der Waals surface area contributed by atoms with Gasteiger partial charge in [0.2, 0.25) is 10.0 Å². The molecule has 0 aliphatic heterocycles. The summed E-state index contributed by atoms with van der Waals surface area (Å²) in [6.45, 7) is 7.22. The van der Waals surface area contributed by atoms with Gasteiger partial charge in [0.15, 0.2) is 0 Å². The Morgan fingerprint density at radius 1 is 1.40 bits per heavy atom. The molecule has 1 saturated carbocycles. The van der Waals surface area contributed by atoms with Gasteiger partial charge in [-0.2, -0.15) is 0 Å². The van der Waals surface area contributed by atoms with Crippen LogP contribution in [0.5, 0.6) is 0 Å². The number of hydrogen-bond acceptors (Lipinski definition) is 3. The average molecular weight is 300 g/mol. The summed E-state index contributed by atoms with van der Waals surface area (Å²) in [4.78, 5) is -0.268. The summed E-state index contributed by atoms with van der Waals surface area (Å²) in [7, 11) is -3.80. The minimum absolute atomic E-state index is 0.0368. The standard InChI is InChI=1S/C14H21FN2O2S/c1-4-16-9-10-5-6-11(15)12(7-10)20(18,19)17-13-8-14(13,2)3/h5-7,13,16-17H,4,8-9H2,1-3H3. The van der Waals surface area contributed by atoms with Crippen molar-refractivity contribution in [2.45, 2.75) is 44.7 Å². The highest BCUT2D eigenvalue weighted by Crippen LogP contribution is 2.45. The molecule has 1 atom stereocenters. The fourth-order valence-electron chi connectivity index (χ4n) is 2.05. The highest BCUT2D eigenvalue weighted by atomic mass is 32.2. The quantitative estimate of drug-likeness (QED) is 0.845. The maximum atomic E-state index is 13.8. The molecule has 1 aliphatic rings. The van der Waals surface area contributed by atoms with Gasteiger partial charge < -0.3 is 5.32 Å². The van der Waals surface area contributed by atoms with Gasteiger partial charge in [0.1, 0.15) is 10.7 Å². The average Bonchev–Trinajstić information content (AvgIpc) is 2.94. The lowest BCUT2D eigenvalue weighted by Gasteiger charge is -2.11. The summed E-state index contributed by atoms with van der Waals surface area (Å²) in [6, 6.07) is 4.09. The van der Waals surface area contributed by atoms with Crippen molar-refractivity contribution in [1.82, 2.24) is 10.0 Å². The number of sulfonamides is 1. The van der Waals surface area contributed by atoms with Crippen molar-refractivity contribution >= 4 is 10.0 Å². The van der Waals surface area contributed by atoms with Gasteiger partial charge >= 0.3 is 0 Å². The number of benzene rings is 1. The first-order valence-corrected chi connectivity index (χ1v) is 8.26. The van der Waals surface area contributed by atoms with Crippen LogP contribution in [0, 0.1) is 11.2 Å². The molecule has 0 radical (unpaired) electrons. The molecule has 1 aromatic rings. The third-order valence-corrected chi connectivity index (χ3v) is 5.16. The third-order valence-electron chi connectivity index (χ3n) is 3.68. The molecule has 112 valence electrons. The van der Waals surface area contributed by atoms with Gasteiger partial charge in [0.25, 0.3) is 0 Å². The van der Waals surface area contributed by atoms with Crippen LogP contribution in [0.25, 0.3) is 0 Å². The van der Waals surface area contributed by atoms with Gasteiger partial charge in [0.05, 0.1) is 0 Å². The van der Waals surface area contributed by atoms with E-state index in [0.29, 0.717) is 6.54 Å². The molecule has 0 heterocycles. The monoisotopic (exact) mass is 300 g/mol. The molecule has 1 aromatic carbocycles. The SMILES string of the molecule is CCNCc1ccc(F)c(S(=O)(=O)NC2CC2(C)C)c1. The van der Waals surface area contributed by atoms with Gasteiger partial charge in [0, 0.05) is 12.6 Å². The van der Waals surface area contributed by atoms with E-state index in [1.165, 1.54) is 12.1 Å². The van der Waals surface area contributed by atoms with E-state index in [1.807, 2.05) is 20.8 Å². The van der Waals surface area contributed by atoms with E-state index >= 15 is 0 Å². The fourth-order valence-corrected chi connectivity index (χ4v) is 3.59. The summed E-state index contributed by atoms with van der Waals surface area (Å²) in [5.74, 6) is -0.712. The van der Waals surface area contributed by atoms with Crippen LogP contribution < -0.4 is 10.0 Å². The zero-order valence-corrected chi connectivity index (χ0v) is 12.8. The second kappa shape index (κ2) is 5.42. The first-order valence-electron chi connectivity index (χ1n) is 6.78. The second-order valence-corrected chi connectivity index (χ2v) is 7.59. The first kappa shape index (κ1) is 15.4. The Hall–Kier alpha value is -0.980. The first-order chi connectivity index (χ1) is 9.26. The van der Waals surface area contributed by atoms with E-state index in [0.717, 1.165) is 18.5 Å². The Morgan fingerprint density at radius 3 is 2.60 bits per heavy atom. The Bertz CT molecular complexity index is 599. The minimum atomic E-state index is -3.80. The van der Waals surface area contributed by atoms with E-state index in [1.54, 1.807) is 6.07 Å². The van der Waals surface area contributed by atoms with Crippen molar-refractivity contribution in [2.24, 2.45) is 5.41 Å². The molecular weight excluding hydrogens is 279 g/mol. The molecule has 0 amide bonds. The van der Waals surface area contributed by atoms with Crippen LogP contribution in [0.2, 0.25) is 0 Å². The van der Waals surface area contributed by atoms with Crippen LogP contribution in [0.1, 0.15) is 32.8 Å². The minimum Gasteiger partial charge on any atom is -0.313 e. The normalized spacial score (nSPS) is 20.9. The maximum absolute atomic E-state index is 13.8. The van der Waals surface area contributed by atoms with Crippen molar-refractivity contribution < 1.29 is 12.8 Å². The number of hydrogen-bond donors (Lipinski definition) is 2. The van der Waals surface area contributed by atoms with Crippen LogP contribution in [0.15, 0.2) is 23.1 Å². The largest absolute Gasteiger partial charge is 0.313 e. The molecule has 0 saturated heterocycles. The zero-order chi connectivity index (χ0) is 15.0.